The number of thiazole rings is 1. The Bertz CT molecular complexity index is 388. The first-order chi connectivity index (χ1) is 7.85. The van der Waals surface area contributed by atoms with Gasteiger partial charge in [0.2, 0.25) is 0 Å². The number of rotatable bonds is 3. The molecule has 3 nitrogen and oxygen atoms in total. The summed E-state index contributed by atoms with van der Waals surface area (Å²) in [5, 5.41) is 3.20. The summed E-state index contributed by atoms with van der Waals surface area (Å²) in [4.78, 5) is 4.71. The van der Waals surface area contributed by atoms with E-state index < -0.39 is 0 Å². The minimum atomic E-state index is -0.242. The highest BCUT2D eigenvalue weighted by molar-refractivity contribution is 7.09. The monoisotopic (exact) mass is 254 g/mol. The molecule has 0 aromatic carbocycles. The zero-order valence-corrected chi connectivity index (χ0v) is 11.9. The van der Waals surface area contributed by atoms with Crippen LogP contribution < -0.4 is 5.73 Å². The Morgan fingerprint density at radius 1 is 1.53 bits per heavy atom. The molecule has 2 rings (SSSR count). The van der Waals surface area contributed by atoms with Gasteiger partial charge in [-0.1, -0.05) is 20.8 Å². The number of nitrogens with two attached hydrogens (primary N) is 1. The molecule has 0 unspecified atom stereocenters. The van der Waals surface area contributed by atoms with Crippen molar-refractivity contribution in [2.75, 3.05) is 6.61 Å². The Morgan fingerprint density at radius 2 is 2.18 bits per heavy atom. The van der Waals surface area contributed by atoms with Gasteiger partial charge < -0.3 is 10.5 Å². The Balaban J connectivity index is 2.07. The number of ether oxygens (including phenoxy) is 1. The zero-order chi connectivity index (χ0) is 12.7. The molecule has 96 valence electrons. The van der Waals surface area contributed by atoms with Crippen LogP contribution >= 0.6 is 11.3 Å². The van der Waals surface area contributed by atoms with Gasteiger partial charge in [-0.05, 0) is 19.8 Å². The van der Waals surface area contributed by atoms with Gasteiger partial charge in [-0.25, -0.2) is 4.98 Å². The largest absolute Gasteiger partial charge is 0.378 e. The van der Waals surface area contributed by atoms with Crippen LogP contribution in [0.25, 0.3) is 0 Å². The summed E-state index contributed by atoms with van der Waals surface area (Å²) in [6, 6.07) is 0. The standard InChI is InChI=1S/C13H22N2OS/c1-5-16-9-6-13(14,7-9)11-15-10(8-17-11)12(2,3)4/h8-9H,5-7,14H2,1-4H3. The first-order valence-electron chi connectivity index (χ1n) is 6.22. The molecule has 1 aromatic rings. The van der Waals surface area contributed by atoms with Crippen LogP contribution in [0.4, 0.5) is 0 Å². The molecule has 1 aliphatic rings. The number of hydrogen-bond acceptors (Lipinski definition) is 4. The summed E-state index contributed by atoms with van der Waals surface area (Å²) in [7, 11) is 0. The average Bonchev–Trinajstić information content (AvgIpc) is 2.63. The van der Waals surface area contributed by atoms with Crippen molar-refractivity contribution in [3.05, 3.63) is 16.1 Å². The van der Waals surface area contributed by atoms with Crippen LogP contribution in [0.2, 0.25) is 0 Å². The zero-order valence-electron chi connectivity index (χ0n) is 11.1. The van der Waals surface area contributed by atoms with Crippen molar-refractivity contribution in [3.8, 4) is 0 Å². The lowest BCUT2D eigenvalue weighted by Crippen LogP contribution is -2.52. The van der Waals surface area contributed by atoms with E-state index in [1.54, 1.807) is 11.3 Å². The molecular weight excluding hydrogens is 232 g/mol. The van der Waals surface area contributed by atoms with E-state index in [0.29, 0.717) is 6.10 Å². The van der Waals surface area contributed by atoms with Crippen molar-refractivity contribution in [2.45, 2.75) is 57.6 Å². The van der Waals surface area contributed by atoms with Gasteiger partial charge in [-0.3, -0.25) is 0 Å². The van der Waals surface area contributed by atoms with Crippen LogP contribution in [0.15, 0.2) is 5.38 Å². The molecule has 1 heterocycles. The molecule has 1 aliphatic carbocycles. The summed E-state index contributed by atoms with van der Waals surface area (Å²) in [6.45, 7) is 9.33. The Labute approximate surface area is 107 Å². The molecule has 1 fully saturated rings. The number of aromatic nitrogens is 1. The topological polar surface area (TPSA) is 48.1 Å². The second-order valence-corrected chi connectivity index (χ2v) is 6.79. The van der Waals surface area contributed by atoms with E-state index in [1.807, 2.05) is 6.92 Å². The first kappa shape index (κ1) is 13.0. The third kappa shape index (κ3) is 2.54. The van der Waals surface area contributed by atoms with Crippen molar-refractivity contribution < 1.29 is 4.74 Å². The average molecular weight is 254 g/mol. The Hall–Kier alpha value is -0.450. The van der Waals surface area contributed by atoms with Gasteiger partial charge in [0.1, 0.15) is 5.01 Å². The maximum absolute atomic E-state index is 6.37. The van der Waals surface area contributed by atoms with Crippen molar-refractivity contribution in [1.82, 2.24) is 4.98 Å². The minimum Gasteiger partial charge on any atom is -0.378 e. The highest BCUT2D eigenvalue weighted by Gasteiger charge is 2.45. The fraction of sp³-hybridized carbons (Fsp3) is 0.769. The predicted octanol–water partition coefficient (Wildman–Crippen LogP) is 2.79. The van der Waals surface area contributed by atoms with E-state index in [4.69, 9.17) is 15.5 Å². The van der Waals surface area contributed by atoms with E-state index in [1.165, 1.54) is 0 Å². The quantitative estimate of drug-likeness (QED) is 0.902. The van der Waals surface area contributed by atoms with Crippen LogP contribution in [0.1, 0.15) is 51.2 Å². The number of hydrogen-bond donors (Lipinski definition) is 1. The molecule has 0 atom stereocenters. The summed E-state index contributed by atoms with van der Waals surface area (Å²) < 4.78 is 5.57. The van der Waals surface area contributed by atoms with Gasteiger partial charge in [-0.2, -0.15) is 0 Å². The molecule has 0 spiro atoms. The van der Waals surface area contributed by atoms with Gasteiger partial charge in [0.05, 0.1) is 17.3 Å². The second kappa shape index (κ2) is 4.34. The molecule has 0 radical (unpaired) electrons. The lowest BCUT2D eigenvalue weighted by atomic mass is 9.75. The van der Waals surface area contributed by atoms with Gasteiger partial charge in [0, 0.05) is 17.4 Å². The first-order valence-corrected chi connectivity index (χ1v) is 7.10. The fourth-order valence-electron chi connectivity index (χ4n) is 2.13. The van der Waals surface area contributed by atoms with Crippen molar-refractivity contribution in [1.29, 1.82) is 0 Å². The van der Waals surface area contributed by atoms with Crippen LogP contribution in [0.3, 0.4) is 0 Å². The fourth-order valence-corrected chi connectivity index (χ4v) is 3.31. The third-order valence-electron chi connectivity index (χ3n) is 3.28. The van der Waals surface area contributed by atoms with E-state index in [9.17, 15) is 0 Å². The molecule has 4 heteroatoms. The van der Waals surface area contributed by atoms with E-state index >= 15 is 0 Å². The van der Waals surface area contributed by atoms with Gasteiger partial charge in [-0.15, -0.1) is 11.3 Å². The molecule has 0 bridgehead atoms. The van der Waals surface area contributed by atoms with E-state index in [0.717, 1.165) is 30.2 Å². The molecule has 0 saturated heterocycles. The molecule has 1 aromatic heterocycles. The van der Waals surface area contributed by atoms with E-state index in [-0.39, 0.29) is 11.0 Å². The lowest BCUT2D eigenvalue weighted by molar-refractivity contribution is -0.0393. The van der Waals surface area contributed by atoms with Gasteiger partial charge >= 0.3 is 0 Å². The van der Waals surface area contributed by atoms with Crippen LogP contribution in [-0.2, 0) is 15.7 Å². The Morgan fingerprint density at radius 3 is 2.65 bits per heavy atom. The van der Waals surface area contributed by atoms with Crippen molar-refractivity contribution in [3.63, 3.8) is 0 Å². The molecule has 0 aliphatic heterocycles. The molecule has 0 amide bonds. The maximum Gasteiger partial charge on any atom is 0.113 e. The highest BCUT2D eigenvalue weighted by Crippen LogP contribution is 2.42. The lowest BCUT2D eigenvalue weighted by Gasteiger charge is -2.43. The van der Waals surface area contributed by atoms with Gasteiger partial charge in [0.15, 0.2) is 0 Å². The van der Waals surface area contributed by atoms with Crippen LogP contribution in [0.5, 0.6) is 0 Å². The summed E-state index contributed by atoms with van der Waals surface area (Å²) in [5.41, 5.74) is 7.37. The maximum atomic E-state index is 6.37. The predicted molar refractivity (Wildman–Crippen MR) is 71.3 cm³/mol. The summed E-state index contributed by atoms with van der Waals surface area (Å²) >= 11 is 1.69. The second-order valence-electron chi connectivity index (χ2n) is 5.93. The Kier molecular flexibility index (Phi) is 3.31. The molecular formula is C13H22N2OS. The summed E-state index contributed by atoms with van der Waals surface area (Å²) in [6.07, 6.45) is 2.13. The van der Waals surface area contributed by atoms with Crippen molar-refractivity contribution in [2.24, 2.45) is 5.73 Å². The van der Waals surface area contributed by atoms with Crippen LogP contribution in [-0.4, -0.2) is 17.7 Å². The summed E-state index contributed by atoms with van der Waals surface area (Å²) in [5.74, 6) is 0. The van der Waals surface area contributed by atoms with Crippen molar-refractivity contribution >= 4 is 11.3 Å². The number of nitrogens with zero attached hydrogens (tertiary/aromatic N) is 1. The third-order valence-corrected chi connectivity index (χ3v) is 4.35. The van der Waals surface area contributed by atoms with Gasteiger partial charge in [0.25, 0.3) is 0 Å². The smallest absolute Gasteiger partial charge is 0.113 e. The SMILES string of the molecule is CCOC1CC(N)(c2nc(C(C)(C)C)cs2)C1. The minimum absolute atomic E-state index is 0.105. The molecule has 1 saturated carbocycles. The van der Waals surface area contributed by atoms with E-state index in [2.05, 4.69) is 26.2 Å². The normalized spacial score (nSPS) is 29.1. The molecule has 17 heavy (non-hydrogen) atoms. The molecule has 2 N–H and O–H groups in total. The highest BCUT2D eigenvalue weighted by atomic mass is 32.1. The van der Waals surface area contributed by atoms with Crippen LogP contribution in [0, 0.1) is 0 Å².